The van der Waals surface area contributed by atoms with Gasteiger partial charge in [-0.05, 0) is 47.9 Å². The number of sulfonamides is 1. The van der Waals surface area contributed by atoms with Crippen molar-refractivity contribution in [2.24, 2.45) is 0 Å². The van der Waals surface area contributed by atoms with Gasteiger partial charge in [-0.3, -0.25) is 0 Å². The number of likely N-dealkylation sites (N-methyl/N-ethyl adjacent to an activating group) is 1. The lowest BCUT2D eigenvalue weighted by Crippen LogP contribution is -2.34. The molecule has 1 unspecified atom stereocenters. The van der Waals surface area contributed by atoms with Gasteiger partial charge >= 0.3 is 5.97 Å². The van der Waals surface area contributed by atoms with Gasteiger partial charge in [0.1, 0.15) is 9.77 Å². The SMILES string of the molecule is COC(=O)c1sccc1S(=O)(=O)NCC(c1csc2ccccc12)N(C)C. The second kappa shape index (κ2) is 8.07. The minimum atomic E-state index is -3.84. The third-order valence-electron chi connectivity index (χ3n) is 4.25. The number of nitrogens with zero attached hydrogens (tertiary/aromatic N) is 1. The molecule has 1 N–H and O–H groups in total. The Balaban J connectivity index is 1.87. The molecule has 0 radical (unpaired) electrons. The van der Waals surface area contributed by atoms with Crippen LogP contribution < -0.4 is 4.72 Å². The van der Waals surface area contributed by atoms with Crippen molar-refractivity contribution >= 4 is 48.8 Å². The monoisotopic (exact) mass is 424 g/mol. The highest BCUT2D eigenvalue weighted by atomic mass is 32.2. The molecule has 2 heterocycles. The summed E-state index contributed by atoms with van der Waals surface area (Å²) in [6, 6.07) is 9.33. The molecule has 3 rings (SSSR count). The number of carbonyl (C=O) groups is 1. The Bertz CT molecular complexity index is 1050. The number of rotatable bonds is 7. The molecule has 0 fully saturated rings. The van der Waals surface area contributed by atoms with Gasteiger partial charge in [-0.2, -0.15) is 0 Å². The van der Waals surface area contributed by atoms with Crippen LogP contribution in [0.1, 0.15) is 21.3 Å². The summed E-state index contributed by atoms with van der Waals surface area (Å²) in [5, 5.41) is 4.75. The van der Waals surface area contributed by atoms with E-state index in [0.717, 1.165) is 27.0 Å². The van der Waals surface area contributed by atoms with Crippen LogP contribution in [0.25, 0.3) is 10.1 Å². The standard InChI is InChI=1S/C18H20N2O4S3/c1-20(2)14(13-11-26-15-7-5-4-6-12(13)15)10-19-27(22,23)16-8-9-25-17(16)18(21)24-3/h4-9,11,14,19H,10H2,1-3H3. The van der Waals surface area contributed by atoms with Crippen LogP contribution in [0.5, 0.6) is 0 Å². The number of esters is 1. The van der Waals surface area contributed by atoms with E-state index >= 15 is 0 Å². The minimum Gasteiger partial charge on any atom is -0.465 e. The molecule has 27 heavy (non-hydrogen) atoms. The zero-order valence-corrected chi connectivity index (χ0v) is 17.6. The summed E-state index contributed by atoms with van der Waals surface area (Å²) in [6.45, 7) is 0.187. The van der Waals surface area contributed by atoms with E-state index < -0.39 is 16.0 Å². The molecule has 0 aliphatic carbocycles. The lowest BCUT2D eigenvalue weighted by Gasteiger charge is -2.24. The van der Waals surface area contributed by atoms with E-state index in [2.05, 4.69) is 14.8 Å². The van der Waals surface area contributed by atoms with Crippen LogP contribution in [-0.2, 0) is 14.8 Å². The van der Waals surface area contributed by atoms with Crippen molar-refractivity contribution in [1.29, 1.82) is 0 Å². The highest BCUT2D eigenvalue weighted by Gasteiger charge is 2.27. The largest absolute Gasteiger partial charge is 0.465 e. The number of hydrogen-bond donors (Lipinski definition) is 1. The molecule has 3 aromatic rings. The molecule has 1 atom stereocenters. The molecule has 0 bridgehead atoms. The van der Waals surface area contributed by atoms with Crippen molar-refractivity contribution < 1.29 is 17.9 Å². The van der Waals surface area contributed by atoms with Gasteiger partial charge in [-0.1, -0.05) is 18.2 Å². The van der Waals surface area contributed by atoms with Gasteiger partial charge in [0.15, 0.2) is 0 Å². The third-order valence-corrected chi connectivity index (χ3v) is 7.72. The van der Waals surface area contributed by atoms with E-state index in [1.807, 2.05) is 43.3 Å². The van der Waals surface area contributed by atoms with E-state index in [9.17, 15) is 13.2 Å². The molecular weight excluding hydrogens is 404 g/mol. The van der Waals surface area contributed by atoms with Crippen LogP contribution in [0.3, 0.4) is 0 Å². The predicted octanol–water partition coefficient (Wildman–Crippen LogP) is 3.33. The van der Waals surface area contributed by atoms with Gasteiger partial charge < -0.3 is 9.64 Å². The molecule has 0 amide bonds. The molecule has 6 nitrogen and oxygen atoms in total. The van der Waals surface area contributed by atoms with E-state index in [4.69, 9.17) is 0 Å². The van der Waals surface area contributed by atoms with E-state index in [0.29, 0.717) is 0 Å². The lowest BCUT2D eigenvalue weighted by atomic mass is 10.1. The molecule has 0 aliphatic rings. The first-order valence-electron chi connectivity index (χ1n) is 8.13. The molecule has 0 aliphatic heterocycles. The van der Waals surface area contributed by atoms with Crippen LogP contribution in [0.15, 0.2) is 46.0 Å². The van der Waals surface area contributed by atoms with Gasteiger partial charge in [-0.15, -0.1) is 22.7 Å². The number of carbonyl (C=O) groups excluding carboxylic acids is 1. The first-order chi connectivity index (χ1) is 12.8. The van der Waals surface area contributed by atoms with Crippen molar-refractivity contribution in [2.75, 3.05) is 27.7 Å². The Labute approximate surface area is 166 Å². The lowest BCUT2D eigenvalue weighted by molar-refractivity contribution is 0.0602. The Morgan fingerprint density at radius 2 is 1.96 bits per heavy atom. The van der Waals surface area contributed by atoms with E-state index in [-0.39, 0.29) is 22.4 Å². The summed E-state index contributed by atoms with van der Waals surface area (Å²) in [5.41, 5.74) is 1.07. The summed E-state index contributed by atoms with van der Waals surface area (Å²) in [7, 11) is 1.22. The normalized spacial score (nSPS) is 13.2. The average Bonchev–Trinajstić information content (AvgIpc) is 3.29. The second-order valence-electron chi connectivity index (χ2n) is 6.12. The quantitative estimate of drug-likeness (QED) is 0.589. The van der Waals surface area contributed by atoms with Crippen molar-refractivity contribution in [3.05, 3.63) is 51.5 Å². The first-order valence-corrected chi connectivity index (χ1v) is 11.4. The van der Waals surface area contributed by atoms with Crippen LogP contribution in [0, 0.1) is 0 Å². The molecule has 0 saturated carbocycles. The Morgan fingerprint density at radius 1 is 1.22 bits per heavy atom. The molecule has 9 heteroatoms. The van der Waals surface area contributed by atoms with E-state index in [1.165, 1.54) is 13.2 Å². The Morgan fingerprint density at radius 3 is 2.67 bits per heavy atom. The topological polar surface area (TPSA) is 75.7 Å². The molecule has 0 saturated heterocycles. The highest BCUT2D eigenvalue weighted by Crippen LogP contribution is 2.32. The summed E-state index contributed by atoms with van der Waals surface area (Å²) in [4.78, 5) is 13.8. The molecular formula is C18H20N2O4S3. The number of nitrogens with one attached hydrogen (secondary N) is 1. The summed E-state index contributed by atoms with van der Waals surface area (Å²) in [6.07, 6.45) is 0. The van der Waals surface area contributed by atoms with Crippen LogP contribution in [0.4, 0.5) is 0 Å². The Hall–Kier alpha value is -1.78. The average molecular weight is 425 g/mol. The minimum absolute atomic E-state index is 0.0490. The fraction of sp³-hybridized carbons (Fsp3) is 0.278. The number of hydrogen-bond acceptors (Lipinski definition) is 7. The predicted molar refractivity (Wildman–Crippen MR) is 109 cm³/mol. The Kier molecular flexibility index (Phi) is 5.97. The second-order valence-corrected chi connectivity index (χ2v) is 9.69. The zero-order valence-electron chi connectivity index (χ0n) is 15.1. The maximum Gasteiger partial charge on any atom is 0.349 e. The summed E-state index contributed by atoms with van der Waals surface area (Å²) in [5.74, 6) is -0.654. The van der Waals surface area contributed by atoms with Crippen molar-refractivity contribution in [2.45, 2.75) is 10.9 Å². The van der Waals surface area contributed by atoms with Crippen molar-refractivity contribution in [1.82, 2.24) is 9.62 Å². The van der Waals surface area contributed by atoms with E-state index in [1.54, 1.807) is 16.7 Å². The van der Waals surface area contributed by atoms with Crippen molar-refractivity contribution in [3.63, 3.8) is 0 Å². The summed E-state index contributed by atoms with van der Waals surface area (Å²) >= 11 is 2.68. The molecule has 144 valence electrons. The van der Waals surface area contributed by atoms with Crippen LogP contribution >= 0.6 is 22.7 Å². The fourth-order valence-corrected chi connectivity index (χ4v) is 6.22. The number of thiophene rings is 2. The molecule has 0 spiro atoms. The third kappa shape index (κ3) is 4.07. The molecule has 2 aromatic heterocycles. The number of ether oxygens (including phenoxy) is 1. The summed E-state index contributed by atoms with van der Waals surface area (Å²) < 4.78 is 34.0. The van der Waals surface area contributed by atoms with Gasteiger partial charge in [-0.25, -0.2) is 17.9 Å². The maximum absolute atomic E-state index is 12.8. The molecule has 1 aromatic carbocycles. The van der Waals surface area contributed by atoms with Crippen molar-refractivity contribution in [3.8, 4) is 0 Å². The van der Waals surface area contributed by atoms with Gasteiger partial charge in [0.05, 0.1) is 7.11 Å². The number of benzene rings is 1. The van der Waals surface area contributed by atoms with Gasteiger partial charge in [0.25, 0.3) is 0 Å². The number of methoxy groups -OCH3 is 1. The fourth-order valence-electron chi connectivity index (χ4n) is 2.84. The zero-order chi connectivity index (χ0) is 19.6. The van der Waals surface area contributed by atoms with Gasteiger partial charge in [0, 0.05) is 17.3 Å². The highest BCUT2D eigenvalue weighted by molar-refractivity contribution is 7.89. The maximum atomic E-state index is 12.8. The smallest absolute Gasteiger partial charge is 0.349 e. The number of fused-ring (bicyclic) bond motifs is 1. The van der Waals surface area contributed by atoms with Crippen LogP contribution in [0.2, 0.25) is 0 Å². The van der Waals surface area contributed by atoms with Gasteiger partial charge in [0.2, 0.25) is 10.0 Å². The van der Waals surface area contributed by atoms with Crippen LogP contribution in [-0.4, -0.2) is 47.0 Å². The first kappa shape index (κ1) is 20.0.